The van der Waals surface area contributed by atoms with Gasteiger partial charge in [-0.05, 0) is 58.2 Å². The average Bonchev–Trinajstić information content (AvgIpc) is 3.58. The van der Waals surface area contributed by atoms with Crippen LogP contribution in [0.2, 0.25) is 0 Å². The van der Waals surface area contributed by atoms with Gasteiger partial charge in [-0.3, -0.25) is 4.79 Å². The van der Waals surface area contributed by atoms with Gasteiger partial charge in [-0.15, -0.1) is 0 Å². The second-order valence-electron chi connectivity index (χ2n) is 11.9. The molecule has 2 fully saturated rings. The molecule has 0 spiro atoms. The first-order valence-electron chi connectivity index (χ1n) is 13.9. The van der Waals surface area contributed by atoms with E-state index in [1.54, 1.807) is 12.5 Å². The standard InChI is InChI=1S/C28H38N10O3/c1-28(2,3)36-25(39)24-33-26(35-27(34-24)41-15-20-9-18(20)11-29)38-7-5-17(6-8-38)14-40-22-10-19(12-31-23(22)30)21-13-37(4)16-32-21/h10-13,16-18,20,29H,5-9,14-15H2,1-4H3,(H2,30,31)(H,36,39)/t18-,20+/m0/s1. The normalized spacial score (nSPS) is 19.1. The van der Waals surface area contributed by atoms with Crippen molar-refractivity contribution in [3.8, 4) is 23.0 Å². The number of nitrogen functional groups attached to an aromatic ring is 1. The number of hydrogen-bond donors (Lipinski definition) is 3. The van der Waals surface area contributed by atoms with Crippen molar-refractivity contribution in [2.75, 3.05) is 36.9 Å². The van der Waals surface area contributed by atoms with Gasteiger partial charge in [0, 0.05) is 55.5 Å². The number of nitrogens with zero attached hydrogens (tertiary/aromatic N) is 7. The molecule has 4 N–H and O–H groups in total. The van der Waals surface area contributed by atoms with Crippen LogP contribution in [0.1, 0.15) is 50.7 Å². The summed E-state index contributed by atoms with van der Waals surface area (Å²) in [6.45, 7) is 8.01. The molecule has 3 aromatic rings. The fourth-order valence-electron chi connectivity index (χ4n) is 4.68. The highest BCUT2D eigenvalue weighted by molar-refractivity contribution is 5.91. The van der Waals surface area contributed by atoms with E-state index in [2.05, 4.69) is 30.2 Å². The molecule has 4 heterocycles. The fourth-order valence-corrected chi connectivity index (χ4v) is 4.68. The van der Waals surface area contributed by atoms with Gasteiger partial charge >= 0.3 is 6.01 Å². The lowest BCUT2D eigenvalue weighted by Gasteiger charge is -2.32. The highest BCUT2D eigenvalue weighted by Crippen LogP contribution is 2.36. The van der Waals surface area contributed by atoms with Crippen molar-refractivity contribution >= 4 is 23.9 Å². The van der Waals surface area contributed by atoms with Crippen LogP contribution in [0.5, 0.6) is 11.8 Å². The fraction of sp³-hybridized carbons (Fsp3) is 0.536. The van der Waals surface area contributed by atoms with Crippen LogP contribution in [-0.4, -0.2) is 73.5 Å². The third kappa shape index (κ3) is 7.27. The molecule has 0 unspecified atom stereocenters. The Kier molecular flexibility index (Phi) is 8.04. The number of anilines is 2. The van der Waals surface area contributed by atoms with E-state index in [1.165, 1.54) is 6.21 Å². The number of rotatable bonds is 10. The van der Waals surface area contributed by atoms with E-state index in [1.807, 2.05) is 49.5 Å². The molecule has 1 amide bonds. The van der Waals surface area contributed by atoms with E-state index < -0.39 is 5.54 Å². The maximum atomic E-state index is 12.9. The summed E-state index contributed by atoms with van der Waals surface area (Å²) in [7, 11) is 1.92. The minimum absolute atomic E-state index is 0.0283. The quantitative estimate of drug-likeness (QED) is 0.312. The van der Waals surface area contributed by atoms with Gasteiger partial charge in [0.25, 0.3) is 5.91 Å². The zero-order valence-electron chi connectivity index (χ0n) is 24.0. The molecule has 41 heavy (non-hydrogen) atoms. The first-order chi connectivity index (χ1) is 19.6. The summed E-state index contributed by atoms with van der Waals surface area (Å²) >= 11 is 0. The minimum Gasteiger partial charge on any atom is -0.489 e. The number of nitrogens with two attached hydrogens (primary N) is 1. The summed E-state index contributed by atoms with van der Waals surface area (Å²) in [6.07, 6.45) is 9.42. The maximum absolute atomic E-state index is 12.9. The molecule has 13 heteroatoms. The van der Waals surface area contributed by atoms with Crippen molar-refractivity contribution in [1.82, 2.24) is 34.8 Å². The van der Waals surface area contributed by atoms with E-state index in [0.29, 0.717) is 49.7 Å². The van der Waals surface area contributed by atoms with E-state index in [4.69, 9.17) is 20.6 Å². The van der Waals surface area contributed by atoms with Crippen LogP contribution in [0.3, 0.4) is 0 Å². The van der Waals surface area contributed by atoms with E-state index in [9.17, 15) is 4.79 Å². The predicted molar refractivity (Wildman–Crippen MR) is 154 cm³/mol. The number of amides is 1. The smallest absolute Gasteiger partial charge is 0.321 e. The Labute approximate surface area is 239 Å². The lowest BCUT2D eigenvalue weighted by atomic mass is 9.98. The van der Waals surface area contributed by atoms with Crippen molar-refractivity contribution in [3.05, 3.63) is 30.6 Å². The molecule has 0 bridgehead atoms. The Balaban J connectivity index is 1.22. The number of carbonyl (C=O) groups excluding carboxylic acids is 1. The number of nitrogens with one attached hydrogen (secondary N) is 2. The molecule has 2 aliphatic rings. The predicted octanol–water partition coefficient (Wildman–Crippen LogP) is 2.74. The van der Waals surface area contributed by atoms with Gasteiger partial charge in [0.05, 0.1) is 25.2 Å². The summed E-state index contributed by atoms with van der Waals surface area (Å²) in [4.78, 5) is 37.0. The van der Waals surface area contributed by atoms with Crippen molar-refractivity contribution in [2.24, 2.45) is 24.8 Å². The summed E-state index contributed by atoms with van der Waals surface area (Å²) in [5.41, 5.74) is 7.30. The number of carbonyl (C=O) groups is 1. The maximum Gasteiger partial charge on any atom is 0.321 e. The topological polar surface area (TPSA) is 170 Å². The first kappa shape index (κ1) is 28.2. The summed E-state index contributed by atoms with van der Waals surface area (Å²) < 4.78 is 13.8. The summed E-state index contributed by atoms with van der Waals surface area (Å²) in [5, 5.41) is 10.3. The van der Waals surface area contributed by atoms with Gasteiger partial charge in [-0.1, -0.05) is 0 Å². The third-order valence-electron chi connectivity index (χ3n) is 7.17. The van der Waals surface area contributed by atoms with Gasteiger partial charge in [-0.2, -0.15) is 15.0 Å². The minimum atomic E-state index is -0.440. The molecule has 2 atom stereocenters. The molecule has 3 aromatic heterocycles. The Hall–Kier alpha value is -4.29. The average molecular weight is 563 g/mol. The third-order valence-corrected chi connectivity index (χ3v) is 7.17. The first-order valence-corrected chi connectivity index (χ1v) is 13.9. The van der Waals surface area contributed by atoms with Crippen molar-refractivity contribution in [3.63, 3.8) is 0 Å². The molecule has 5 rings (SSSR count). The van der Waals surface area contributed by atoms with Gasteiger partial charge in [-0.25, -0.2) is 9.97 Å². The Morgan fingerprint density at radius 3 is 2.61 bits per heavy atom. The van der Waals surface area contributed by atoms with E-state index >= 15 is 0 Å². The monoisotopic (exact) mass is 562 g/mol. The molecule has 0 aromatic carbocycles. The lowest BCUT2D eigenvalue weighted by molar-refractivity contribution is 0.0906. The van der Waals surface area contributed by atoms with Crippen molar-refractivity contribution in [2.45, 2.75) is 45.6 Å². The van der Waals surface area contributed by atoms with Gasteiger partial charge in [0.1, 0.15) is 0 Å². The number of aryl methyl sites for hydroxylation is 1. The van der Waals surface area contributed by atoms with Crippen LogP contribution in [0.25, 0.3) is 11.3 Å². The van der Waals surface area contributed by atoms with E-state index in [0.717, 1.165) is 30.5 Å². The van der Waals surface area contributed by atoms with Crippen LogP contribution >= 0.6 is 0 Å². The second-order valence-corrected chi connectivity index (χ2v) is 11.9. The summed E-state index contributed by atoms with van der Waals surface area (Å²) in [6, 6.07) is 2.01. The Bertz CT molecular complexity index is 1390. The molecular weight excluding hydrogens is 524 g/mol. The SMILES string of the molecule is Cn1cnc(-c2cnc(N)c(OCC3CCN(c4nc(OC[C@H]5C[C@H]5C=N)nc(C(=O)NC(C)(C)C)n4)CC3)c2)c1. The van der Waals surface area contributed by atoms with Crippen molar-refractivity contribution < 1.29 is 14.3 Å². The summed E-state index contributed by atoms with van der Waals surface area (Å²) in [5.74, 6) is 1.79. The van der Waals surface area contributed by atoms with Crippen molar-refractivity contribution in [1.29, 1.82) is 5.41 Å². The molecule has 1 saturated carbocycles. The Morgan fingerprint density at radius 2 is 1.95 bits per heavy atom. The molecule has 0 radical (unpaired) electrons. The number of pyridine rings is 1. The van der Waals surface area contributed by atoms with E-state index in [-0.39, 0.29) is 29.6 Å². The van der Waals surface area contributed by atoms with Gasteiger partial charge in [0.2, 0.25) is 11.8 Å². The largest absolute Gasteiger partial charge is 0.489 e. The zero-order chi connectivity index (χ0) is 29.1. The lowest BCUT2D eigenvalue weighted by Crippen LogP contribution is -2.42. The van der Waals surface area contributed by atoms with Crippen LogP contribution < -0.4 is 25.4 Å². The van der Waals surface area contributed by atoms with Crippen LogP contribution in [-0.2, 0) is 7.05 Å². The molecule has 218 valence electrons. The molecule has 1 aliphatic carbocycles. The number of ether oxygens (including phenoxy) is 2. The van der Waals surface area contributed by atoms with Gasteiger partial charge in [0.15, 0.2) is 11.6 Å². The highest BCUT2D eigenvalue weighted by Gasteiger charge is 2.36. The number of hydrogen-bond acceptors (Lipinski definition) is 11. The highest BCUT2D eigenvalue weighted by atomic mass is 16.5. The molecule has 13 nitrogen and oxygen atoms in total. The number of aromatic nitrogens is 6. The van der Waals surface area contributed by atoms with Crippen LogP contribution in [0.15, 0.2) is 24.8 Å². The molecule has 1 aliphatic heterocycles. The van der Waals surface area contributed by atoms with Gasteiger partial charge < -0.3 is 35.4 Å². The number of piperidine rings is 1. The molecule has 1 saturated heterocycles. The zero-order valence-corrected chi connectivity index (χ0v) is 24.0. The van der Waals surface area contributed by atoms with Crippen LogP contribution in [0.4, 0.5) is 11.8 Å². The van der Waals surface area contributed by atoms with Crippen LogP contribution in [0, 0.1) is 23.2 Å². The second kappa shape index (κ2) is 11.7. The molecular formula is C28H38N10O3. The number of imidazole rings is 1. The Morgan fingerprint density at radius 1 is 1.17 bits per heavy atom.